The summed E-state index contributed by atoms with van der Waals surface area (Å²) in [6, 6.07) is 9.22. The number of phenolic OH excluding ortho intramolecular Hbond substituents is 1. The Morgan fingerprint density at radius 3 is 2.40 bits per heavy atom. The third kappa shape index (κ3) is 7.89. The Morgan fingerprint density at radius 1 is 0.977 bits per heavy atom. The molecule has 43 heavy (non-hydrogen) atoms. The quantitative estimate of drug-likeness (QED) is 0.150. The molecule has 1 saturated heterocycles. The van der Waals surface area contributed by atoms with Crippen LogP contribution in [0, 0.1) is 0 Å². The van der Waals surface area contributed by atoms with Gasteiger partial charge in [-0.15, -0.1) is 0 Å². The van der Waals surface area contributed by atoms with E-state index in [2.05, 4.69) is 15.6 Å². The van der Waals surface area contributed by atoms with Crippen molar-refractivity contribution in [3.8, 4) is 5.75 Å². The van der Waals surface area contributed by atoms with Gasteiger partial charge in [-0.1, -0.05) is 30.3 Å². The number of nitrogens with one attached hydrogen (secondary N) is 3. The van der Waals surface area contributed by atoms with Crippen molar-refractivity contribution in [1.82, 2.24) is 20.5 Å². The summed E-state index contributed by atoms with van der Waals surface area (Å²) in [5, 5.41) is 33.9. The van der Waals surface area contributed by atoms with Gasteiger partial charge in [0, 0.05) is 36.5 Å². The molecule has 0 bridgehead atoms. The normalized spacial score (nSPS) is 16.8. The summed E-state index contributed by atoms with van der Waals surface area (Å²) in [5.74, 6) is -4.30. The lowest BCUT2D eigenvalue weighted by molar-refractivity contribution is -0.145. The standard InChI is InChI=1S/C30H35N5O8/c31-21(14-17-7-9-19(36)10-8-17)27(39)34-24(15-18-16-32-22-5-2-1-4-20(18)22)29(41)35-13-3-6-25(35)28(40)33-23(30(42)43)11-12-26(37)38/h1-2,4-5,7-10,16,21,23-25,32,36H,3,6,11-15,31H2,(H,33,40)(H,34,39)(H,37,38)(H,42,43). The van der Waals surface area contributed by atoms with Crippen molar-refractivity contribution >= 4 is 40.6 Å². The fourth-order valence-corrected chi connectivity index (χ4v) is 5.27. The number of H-pyrrole nitrogens is 1. The number of benzene rings is 2. The molecule has 1 aliphatic heterocycles. The van der Waals surface area contributed by atoms with Crippen molar-refractivity contribution < 1.29 is 39.3 Å². The SMILES string of the molecule is NC(Cc1ccc(O)cc1)C(=O)NC(Cc1c[nH]c2ccccc12)C(=O)N1CCCC1C(=O)NC(CCC(=O)O)C(=O)O. The van der Waals surface area contributed by atoms with Crippen LogP contribution in [0.5, 0.6) is 5.75 Å². The number of rotatable bonds is 13. The summed E-state index contributed by atoms with van der Waals surface area (Å²) >= 11 is 0. The summed E-state index contributed by atoms with van der Waals surface area (Å²) in [6.45, 7) is 0.212. The molecule has 4 atom stereocenters. The molecule has 13 heteroatoms. The van der Waals surface area contributed by atoms with Crippen LogP contribution in [0.15, 0.2) is 54.7 Å². The van der Waals surface area contributed by atoms with Crippen LogP contribution in [0.1, 0.15) is 36.8 Å². The minimum atomic E-state index is -1.43. The fourth-order valence-electron chi connectivity index (χ4n) is 5.27. The zero-order valence-electron chi connectivity index (χ0n) is 23.4. The van der Waals surface area contributed by atoms with Gasteiger partial charge in [-0.25, -0.2) is 4.79 Å². The Hall–Kier alpha value is -4.91. The van der Waals surface area contributed by atoms with E-state index in [-0.39, 0.29) is 38.0 Å². The van der Waals surface area contributed by atoms with E-state index in [9.17, 15) is 34.2 Å². The molecule has 2 aromatic carbocycles. The van der Waals surface area contributed by atoms with Crippen LogP contribution in [-0.4, -0.2) is 85.6 Å². The number of amides is 3. The number of para-hydroxylation sites is 1. The molecular weight excluding hydrogens is 558 g/mol. The second kappa shape index (κ2) is 13.8. The maximum atomic E-state index is 14.0. The number of nitrogens with zero attached hydrogens (tertiary/aromatic N) is 1. The van der Waals surface area contributed by atoms with Crippen LogP contribution in [-0.2, 0) is 36.8 Å². The number of aromatic hydroxyl groups is 1. The number of carboxylic acids is 2. The van der Waals surface area contributed by atoms with Crippen LogP contribution in [0.25, 0.3) is 10.9 Å². The van der Waals surface area contributed by atoms with E-state index in [1.165, 1.54) is 17.0 Å². The minimum Gasteiger partial charge on any atom is -0.508 e. The van der Waals surface area contributed by atoms with Gasteiger partial charge in [0.1, 0.15) is 23.9 Å². The van der Waals surface area contributed by atoms with Gasteiger partial charge >= 0.3 is 11.9 Å². The van der Waals surface area contributed by atoms with Crippen molar-refractivity contribution in [2.45, 2.75) is 62.7 Å². The average molecular weight is 594 g/mol. The number of carbonyl (C=O) groups is 5. The van der Waals surface area contributed by atoms with Crippen molar-refractivity contribution in [1.29, 1.82) is 0 Å². The lowest BCUT2D eigenvalue weighted by Crippen LogP contribution is -2.57. The number of fused-ring (bicyclic) bond motifs is 1. The van der Waals surface area contributed by atoms with Crippen molar-refractivity contribution in [2.75, 3.05) is 6.54 Å². The predicted molar refractivity (Wildman–Crippen MR) is 155 cm³/mol. The van der Waals surface area contributed by atoms with Gasteiger partial charge in [-0.05, 0) is 55.0 Å². The van der Waals surface area contributed by atoms with Gasteiger partial charge in [-0.2, -0.15) is 0 Å². The number of phenols is 1. The van der Waals surface area contributed by atoms with Gasteiger partial charge in [-0.3, -0.25) is 19.2 Å². The van der Waals surface area contributed by atoms with E-state index >= 15 is 0 Å². The molecule has 0 aliphatic carbocycles. The zero-order valence-corrected chi connectivity index (χ0v) is 23.4. The molecule has 0 spiro atoms. The Morgan fingerprint density at radius 2 is 1.70 bits per heavy atom. The number of hydrogen-bond acceptors (Lipinski definition) is 7. The number of hydrogen-bond donors (Lipinski definition) is 7. The van der Waals surface area contributed by atoms with Gasteiger partial charge in [0.15, 0.2) is 0 Å². The monoisotopic (exact) mass is 593 g/mol. The Kier molecular flexibility index (Phi) is 9.99. The Bertz CT molecular complexity index is 1490. The third-order valence-corrected chi connectivity index (χ3v) is 7.54. The highest BCUT2D eigenvalue weighted by Crippen LogP contribution is 2.23. The first-order chi connectivity index (χ1) is 20.5. The number of aromatic amines is 1. The Labute approximate surface area is 247 Å². The number of carbonyl (C=O) groups excluding carboxylic acids is 3. The van der Waals surface area contributed by atoms with Crippen LogP contribution in [0.3, 0.4) is 0 Å². The van der Waals surface area contributed by atoms with Crippen molar-refractivity contribution in [3.63, 3.8) is 0 Å². The van der Waals surface area contributed by atoms with Crippen molar-refractivity contribution in [2.24, 2.45) is 5.73 Å². The Balaban J connectivity index is 1.53. The minimum absolute atomic E-state index is 0.0759. The molecule has 8 N–H and O–H groups in total. The highest BCUT2D eigenvalue weighted by Gasteiger charge is 2.39. The topological polar surface area (TPSA) is 215 Å². The lowest BCUT2D eigenvalue weighted by atomic mass is 10.0. The maximum absolute atomic E-state index is 14.0. The molecule has 228 valence electrons. The summed E-state index contributed by atoms with van der Waals surface area (Å²) < 4.78 is 0. The summed E-state index contributed by atoms with van der Waals surface area (Å²) in [7, 11) is 0. The molecule has 0 radical (unpaired) electrons. The molecule has 0 saturated carbocycles. The van der Waals surface area contributed by atoms with Gasteiger partial charge in [0.2, 0.25) is 17.7 Å². The highest BCUT2D eigenvalue weighted by molar-refractivity contribution is 5.95. The van der Waals surface area contributed by atoms with Crippen LogP contribution in [0.4, 0.5) is 0 Å². The van der Waals surface area contributed by atoms with E-state index in [4.69, 9.17) is 10.8 Å². The number of likely N-dealkylation sites (tertiary alicyclic amines) is 1. The number of aromatic nitrogens is 1. The van der Waals surface area contributed by atoms with E-state index in [1.54, 1.807) is 18.3 Å². The zero-order chi connectivity index (χ0) is 31.1. The fraction of sp³-hybridized carbons (Fsp3) is 0.367. The van der Waals surface area contributed by atoms with E-state index < -0.39 is 60.2 Å². The molecule has 3 amide bonds. The molecule has 2 heterocycles. The molecular formula is C30H35N5O8. The number of nitrogens with two attached hydrogens (primary N) is 1. The molecule has 4 rings (SSSR count). The van der Waals surface area contributed by atoms with E-state index in [0.29, 0.717) is 12.0 Å². The van der Waals surface area contributed by atoms with Gasteiger partial charge < -0.3 is 41.6 Å². The molecule has 3 aromatic rings. The van der Waals surface area contributed by atoms with Gasteiger partial charge in [0.25, 0.3) is 0 Å². The largest absolute Gasteiger partial charge is 0.508 e. The summed E-state index contributed by atoms with van der Waals surface area (Å²) in [4.78, 5) is 67.4. The number of carboxylic acid groups (broad SMARTS) is 2. The first-order valence-electron chi connectivity index (χ1n) is 14.0. The second-order valence-corrected chi connectivity index (χ2v) is 10.6. The van der Waals surface area contributed by atoms with Crippen LogP contribution in [0.2, 0.25) is 0 Å². The van der Waals surface area contributed by atoms with Crippen LogP contribution < -0.4 is 16.4 Å². The lowest BCUT2D eigenvalue weighted by Gasteiger charge is -2.30. The third-order valence-electron chi connectivity index (χ3n) is 7.54. The van der Waals surface area contributed by atoms with E-state index in [0.717, 1.165) is 16.5 Å². The molecule has 13 nitrogen and oxygen atoms in total. The van der Waals surface area contributed by atoms with Gasteiger partial charge in [0.05, 0.1) is 6.04 Å². The summed E-state index contributed by atoms with van der Waals surface area (Å²) in [5.41, 5.74) is 8.52. The highest BCUT2D eigenvalue weighted by atomic mass is 16.4. The van der Waals surface area contributed by atoms with Crippen molar-refractivity contribution in [3.05, 3.63) is 65.9 Å². The smallest absolute Gasteiger partial charge is 0.326 e. The second-order valence-electron chi connectivity index (χ2n) is 10.6. The molecule has 1 fully saturated rings. The number of aliphatic carboxylic acids is 2. The van der Waals surface area contributed by atoms with E-state index in [1.807, 2.05) is 24.3 Å². The average Bonchev–Trinajstić information content (AvgIpc) is 3.63. The first kappa shape index (κ1) is 31.0. The molecule has 4 unspecified atom stereocenters. The predicted octanol–water partition coefficient (Wildman–Crippen LogP) is 0.896. The summed E-state index contributed by atoms with van der Waals surface area (Å²) in [6.07, 6.45) is 2.00. The molecule has 1 aliphatic rings. The first-order valence-corrected chi connectivity index (χ1v) is 14.0. The maximum Gasteiger partial charge on any atom is 0.326 e. The molecule has 1 aromatic heterocycles. The van der Waals surface area contributed by atoms with Crippen LogP contribution >= 0.6 is 0 Å².